The van der Waals surface area contributed by atoms with E-state index in [1.54, 1.807) is 0 Å². The average molecular weight is 261 g/mol. The zero-order valence-electron chi connectivity index (χ0n) is 11.7. The van der Waals surface area contributed by atoms with Gasteiger partial charge in [-0.15, -0.1) is 0 Å². The maximum absolute atomic E-state index is 12.4. The second-order valence-corrected chi connectivity index (χ2v) is 6.31. The molecule has 2 fully saturated rings. The SMILES string of the molecule is CC1(C(=O)Cc2ccn(C3CCCC3)n2)CCNC1. The van der Waals surface area contributed by atoms with Crippen LogP contribution in [0.3, 0.4) is 0 Å². The van der Waals surface area contributed by atoms with Crippen molar-refractivity contribution in [2.45, 2.75) is 51.5 Å². The van der Waals surface area contributed by atoms with Gasteiger partial charge in [0.2, 0.25) is 0 Å². The smallest absolute Gasteiger partial charge is 0.146 e. The van der Waals surface area contributed by atoms with Gasteiger partial charge in [0.15, 0.2) is 0 Å². The van der Waals surface area contributed by atoms with Gasteiger partial charge in [0.1, 0.15) is 5.78 Å². The molecular formula is C15H23N3O. The highest BCUT2D eigenvalue weighted by Gasteiger charge is 2.36. The summed E-state index contributed by atoms with van der Waals surface area (Å²) in [4.78, 5) is 12.4. The van der Waals surface area contributed by atoms with Crippen LogP contribution in [-0.4, -0.2) is 28.7 Å². The summed E-state index contributed by atoms with van der Waals surface area (Å²) in [5.74, 6) is 0.328. The summed E-state index contributed by atoms with van der Waals surface area (Å²) in [6, 6.07) is 2.58. The van der Waals surface area contributed by atoms with Crippen molar-refractivity contribution < 1.29 is 4.79 Å². The van der Waals surface area contributed by atoms with Gasteiger partial charge in [0, 0.05) is 18.2 Å². The highest BCUT2D eigenvalue weighted by atomic mass is 16.1. The Morgan fingerprint density at radius 1 is 1.53 bits per heavy atom. The molecule has 1 N–H and O–H groups in total. The zero-order valence-corrected chi connectivity index (χ0v) is 11.7. The Morgan fingerprint density at radius 3 is 3.00 bits per heavy atom. The van der Waals surface area contributed by atoms with Crippen LogP contribution in [0.1, 0.15) is 50.8 Å². The van der Waals surface area contributed by atoms with Gasteiger partial charge in [-0.25, -0.2) is 0 Å². The molecule has 1 saturated heterocycles. The Kier molecular flexibility index (Phi) is 3.44. The molecule has 1 aliphatic carbocycles. The van der Waals surface area contributed by atoms with Gasteiger partial charge in [-0.05, 0) is 31.9 Å². The number of Topliss-reactive ketones (excluding diaryl/α,β-unsaturated/α-hetero) is 1. The van der Waals surface area contributed by atoms with Gasteiger partial charge in [0.05, 0.1) is 18.2 Å². The molecule has 104 valence electrons. The number of carbonyl (C=O) groups excluding carboxylic acids is 1. The van der Waals surface area contributed by atoms with Crippen molar-refractivity contribution in [1.82, 2.24) is 15.1 Å². The number of nitrogens with one attached hydrogen (secondary N) is 1. The number of carbonyl (C=O) groups is 1. The van der Waals surface area contributed by atoms with Crippen LogP contribution in [0.5, 0.6) is 0 Å². The minimum atomic E-state index is -0.183. The molecule has 2 aliphatic rings. The molecule has 0 bridgehead atoms. The quantitative estimate of drug-likeness (QED) is 0.903. The summed E-state index contributed by atoms with van der Waals surface area (Å²) in [6.45, 7) is 3.84. The van der Waals surface area contributed by atoms with E-state index in [1.807, 2.05) is 12.3 Å². The van der Waals surface area contributed by atoms with Crippen molar-refractivity contribution in [3.05, 3.63) is 18.0 Å². The first-order chi connectivity index (χ1) is 9.17. The predicted octanol–water partition coefficient (Wildman–Crippen LogP) is 2.11. The van der Waals surface area contributed by atoms with Crippen LogP contribution < -0.4 is 5.32 Å². The third-order valence-electron chi connectivity index (χ3n) is 4.75. The lowest BCUT2D eigenvalue weighted by molar-refractivity contribution is -0.126. The Balaban J connectivity index is 1.65. The maximum Gasteiger partial charge on any atom is 0.146 e. The molecule has 1 aliphatic heterocycles. The van der Waals surface area contributed by atoms with Crippen LogP contribution in [0.2, 0.25) is 0 Å². The standard InChI is InChI=1S/C15H23N3O/c1-15(7-8-16-11-15)14(19)10-12-6-9-18(17-12)13-4-2-3-5-13/h6,9,13,16H,2-5,7-8,10-11H2,1H3. The number of nitrogens with zero attached hydrogens (tertiary/aromatic N) is 2. The first-order valence-electron chi connectivity index (χ1n) is 7.45. The van der Waals surface area contributed by atoms with Crippen molar-refractivity contribution >= 4 is 5.78 Å². The van der Waals surface area contributed by atoms with Gasteiger partial charge >= 0.3 is 0 Å². The van der Waals surface area contributed by atoms with Crippen LogP contribution >= 0.6 is 0 Å². The van der Waals surface area contributed by atoms with Crippen molar-refractivity contribution in [2.75, 3.05) is 13.1 Å². The van der Waals surface area contributed by atoms with Crippen LogP contribution in [0.25, 0.3) is 0 Å². The van der Waals surface area contributed by atoms with Gasteiger partial charge in [-0.1, -0.05) is 19.8 Å². The summed E-state index contributed by atoms with van der Waals surface area (Å²) in [5.41, 5.74) is 0.752. The molecule has 3 rings (SSSR count). The van der Waals surface area contributed by atoms with E-state index in [9.17, 15) is 4.79 Å². The molecule has 2 heterocycles. The van der Waals surface area contributed by atoms with Gasteiger partial charge in [-0.2, -0.15) is 5.10 Å². The summed E-state index contributed by atoms with van der Waals surface area (Å²) in [6.07, 6.45) is 8.57. The molecule has 0 radical (unpaired) electrons. The largest absolute Gasteiger partial charge is 0.316 e. The maximum atomic E-state index is 12.4. The molecule has 0 amide bonds. The van der Waals surface area contributed by atoms with Crippen LogP contribution in [0.4, 0.5) is 0 Å². The van der Waals surface area contributed by atoms with Crippen LogP contribution in [0.15, 0.2) is 12.3 Å². The van der Waals surface area contributed by atoms with E-state index in [4.69, 9.17) is 0 Å². The summed E-state index contributed by atoms with van der Waals surface area (Å²) >= 11 is 0. The topological polar surface area (TPSA) is 46.9 Å². The summed E-state index contributed by atoms with van der Waals surface area (Å²) in [7, 11) is 0. The third-order valence-corrected chi connectivity index (χ3v) is 4.75. The molecule has 4 heteroatoms. The predicted molar refractivity (Wildman–Crippen MR) is 74.0 cm³/mol. The monoisotopic (exact) mass is 261 g/mol. The molecule has 1 aromatic heterocycles. The van der Waals surface area contributed by atoms with Gasteiger partial charge in [-0.3, -0.25) is 9.48 Å². The summed E-state index contributed by atoms with van der Waals surface area (Å²) < 4.78 is 2.07. The van der Waals surface area contributed by atoms with E-state index < -0.39 is 0 Å². The van der Waals surface area contributed by atoms with Gasteiger partial charge in [0.25, 0.3) is 0 Å². The molecule has 1 saturated carbocycles. The Hall–Kier alpha value is -1.16. The number of hydrogen-bond donors (Lipinski definition) is 1. The number of aromatic nitrogens is 2. The minimum absolute atomic E-state index is 0.183. The molecular weight excluding hydrogens is 238 g/mol. The fourth-order valence-electron chi connectivity index (χ4n) is 3.28. The van der Waals surface area contributed by atoms with E-state index >= 15 is 0 Å². The summed E-state index contributed by atoms with van der Waals surface area (Å²) in [5, 5.41) is 7.89. The molecule has 19 heavy (non-hydrogen) atoms. The van der Waals surface area contributed by atoms with E-state index in [-0.39, 0.29) is 5.41 Å². The van der Waals surface area contributed by atoms with E-state index in [0.717, 1.165) is 25.2 Å². The van der Waals surface area contributed by atoms with Crippen molar-refractivity contribution in [1.29, 1.82) is 0 Å². The van der Waals surface area contributed by atoms with E-state index in [0.29, 0.717) is 18.2 Å². The number of rotatable bonds is 4. The van der Waals surface area contributed by atoms with E-state index in [1.165, 1.54) is 25.7 Å². The molecule has 0 spiro atoms. The van der Waals surface area contributed by atoms with Gasteiger partial charge < -0.3 is 5.32 Å². The second kappa shape index (κ2) is 5.08. The Morgan fingerprint density at radius 2 is 2.32 bits per heavy atom. The molecule has 1 atom stereocenters. The van der Waals surface area contributed by atoms with Crippen molar-refractivity contribution in [2.24, 2.45) is 5.41 Å². The lowest BCUT2D eigenvalue weighted by Gasteiger charge is -2.20. The highest BCUT2D eigenvalue weighted by molar-refractivity contribution is 5.86. The second-order valence-electron chi connectivity index (χ2n) is 6.31. The molecule has 0 aromatic carbocycles. The minimum Gasteiger partial charge on any atom is -0.316 e. The third kappa shape index (κ3) is 2.59. The normalized spacial score (nSPS) is 28.1. The Bertz CT molecular complexity index is 454. The lowest BCUT2D eigenvalue weighted by atomic mass is 9.83. The molecule has 1 aromatic rings. The van der Waals surface area contributed by atoms with Crippen LogP contribution in [0, 0.1) is 5.41 Å². The fourth-order valence-corrected chi connectivity index (χ4v) is 3.28. The van der Waals surface area contributed by atoms with Crippen LogP contribution in [-0.2, 0) is 11.2 Å². The fraction of sp³-hybridized carbons (Fsp3) is 0.733. The molecule has 4 nitrogen and oxygen atoms in total. The first-order valence-corrected chi connectivity index (χ1v) is 7.45. The molecule has 1 unspecified atom stereocenters. The number of ketones is 1. The van der Waals surface area contributed by atoms with E-state index in [2.05, 4.69) is 22.0 Å². The average Bonchev–Trinajstić information content (AvgIpc) is 3.08. The zero-order chi connectivity index (χ0) is 13.3. The van der Waals surface area contributed by atoms with Crippen molar-refractivity contribution in [3.8, 4) is 0 Å². The number of hydrogen-bond acceptors (Lipinski definition) is 3. The first kappa shape index (κ1) is 12.9. The van der Waals surface area contributed by atoms with Crippen molar-refractivity contribution in [3.63, 3.8) is 0 Å². The lowest BCUT2D eigenvalue weighted by Crippen LogP contribution is -2.31. The Labute approximate surface area is 114 Å². The highest BCUT2D eigenvalue weighted by Crippen LogP contribution is 2.30.